The van der Waals surface area contributed by atoms with Crippen LogP contribution in [0.2, 0.25) is 0 Å². The van der Waals surface area contributed by atoms with Crippen molar-refractivity contribution in [2.75, 3.05) is 26.9 Å². The molecule has 126 valence electrons. The largest absolute Gasteiger partial charge is 0.452 e. The zero-order valence-corrected chi connectivity index (χ0v) is 13.8. The van der Waals surface area contributed by atoms with Crippen molar-refractivity contribution in [3.8, 4) is 0 Å². The Balaban J connectivity index is 2.50. The molecule has 0 spiro atoms. The number of hydrogen-bond acceptors (Lipinski definition) is 5. The van der Waals surface area contributed by atoms with Gasteiger partial charge in [0.2, 0.25) is 0 Å². The summed E-state index contributed by atoms with van der Waals surface area (Å²) in [6, 6.07) is 3.07. The third kappa shape index (κ3) is 6.07. The summed E-state index contributed by atoms with van der Waals surface area (Å²) < 4.78 is 9.72. The van der Waals surface area contributed by atoms with Gasteiger partial charge in [-0.2, -0.15) is 0 Å². The van der Waals surface area contributed by atoms with Crippen LogP contribution in [0.4, 0.5) is 4.79 Å². The van der Waals surface area contributed by atoms with Crippen molar-refractivity contribution in [2.24, 2.45) is 0 Å². The van der Waals surface area contributed by atoms with Crippen LogP contribution < -0.4 is 10.6 Å². The first-order valence-corrected chi connectivity index (χ1v) is 7.16. The highest BCUT2D eigenvalue weighted by Crippen LogP contribution is 2.17. The molecule has 0 saturated heterocycles. The summed E-state index contributed by atoms with van der Waals surface area (Å²) in [5.74, 6) is -1.29. The molecule has 0 aliphatic heterocycles. The maximum absolute atomic E-state index is 12.1. The van der Waals surface area contributed by atoms with E-state index in [1.54, 1.807) is 13.8 Å². The lowest BCUT2D eigenvalue weighted by molar-refractivity contribution is -0.123. The number of amides is 3. The number of hydrogen-bond donors (Lipinski definition) is 2. The Morgan fingerprint density at radius 3 is 2.26 bits per heavy atom. The van der Waals surface area contributed by atoms with Crippen molar-refractivity contribution < 1.29 is 23.9 Å². The molecule has 7 nitrogen and oxygen atoms in total. The lowest BCUT2D eigenvalue weighted by Gasteiger charge is -2.11. The molecule has 0 bridgehead atoms. The Morgan fingerprint density at radius 1 is 1.09 bits per heavy atom. The van der Waals surface area contributed by atoms with Crippen LogP contribution in [0.3, 0.4) is 0 Å². The highest BCUT2D eigenvalue weighted by molar-refractivity contribution is 5.97. The van der Waals surface area contributed by atoms with Gasteiger partial charge in [-0.3, -0.25) is 10.1 Å². The van der Waals surface area contributed by atoms with Gasteiger partial charge in [0.05, 0.1) is 12.2 Å². The molecule has 0 radical (unpaired) electrons. The van der Waals surface area contributed by atoms with Gasteiger partial charge in [-0.15, -0.1) is 0 Å². The molecule has 0 aliphatic rings. The van der Waals surface area contributed by atoms with Gasteiger partial charge < -0.3 is 14.8 Å². The van der Waals surface area contributed by atoms with Crippen LogP contribution in [0.25, 0.3) is 0 Å². The van der Waals surface area contributed by atoms with E-state index in [0.717, 1.165) is 16.7 Å². The van der Waals surface area contributed by atoms with Gasteiger partial charge >= 0.3 is 12.0 Å². The minimum Gasteiger partial charge on any atom is -0.452 e. The summed E-state index contributed by atoms with van der Waals surface area (Å²) in [6.45, 7) is 5.63. The van der Waals surface area contributed by atoms with Crippen LogP contribution in [0.1, 0.15) is 27.0 Å². The van der Waals surface area contributed by atoms with Gasteiger partial charge in [-0.1, -0.05) is 17.7 Å². The van der Waals surface area contributed by atoms with Crippen LogP contribution >= 0.6 is 0 Å². The number of imide groups is 1. The first-order valence-electron chi connectivity index (χ1n) is 7.16. The van der Waals surface area contributed by atoms with Gasteiger partial charge in [0.15, 0.2) is 6.61 Å². The SMILES string of the molecule is COCCNC(=O)NC(=O)COC(=O)c1c(C)cc(C)cc1C. The second kappa shape index (κ2) is 8.89. The van der Waals surface area contributed by atoms with Crippen LogP contribution in [-0.2, 0) is 14.3 Å². The highest BCUT2D eigenvalue weighted by Gasteiger charge is 2.16. The van der Waals surface area contributed by atoms with E-state index in [4.69, 9.17) is 9.47 Å². The fraction of sp³-hybridized carbons (Fsp3) is 0.438. The molecule has 0 aliphatic carbocycles. The Labute approximate surface area is 135 Å². The number of carbonyl (C=O) groups is 3. The number of ether oxygens (including phenoxy) is 2. The summed E-state index contributed by atoms with van der Waals surface area (Å²) in [5, 5.41) is 4.48. The minimum atomic E-state index is -0.698. The molecular weight excluding hydrogens is 300 g/mol. The number of rotatable bonds is 6. The molecule has 7 heteroatoms. The Bertz CT molecular complexity index is 575. The quantitative estimate of drug-likeness (QED) is 0.607. The topological polar surface area (TPSA) is 93.7 Å². The summed E-state index contributed by atoms with van der Waals surface area (Å²) in [6.07, 6.45) is 0. The van der Waals surface area contributed by atoms with E-state index >= 15 is 0 Å². The van der Waals surface area contributed by atoms with Crippen LogP contribution in [0.15, 0.2) is 12.1 Å². The molecule has 1 aromatic rings. The number of methoxy groups -OCH3 is 1. The van der Waals surface area contributed by atoms with Crippen molar-refractivity contribution in [1.29, 1.82) is 0 Å². The van der Waals surface area contributed by atoms with E-state index < -0.39 is 24.5 Å². The van der Waals surface area contributed by atoms with Gasteiger partial charge in [-0.25, -0.2) is 9.59 Å². The van der Waals surface area contributed by atoms with Gasteiger partial charge in [0.25, 0.3) is 5.91 Å². The van der Waals surface area contributed by atoms with Gasteiger partial charge in [0.1, 0.15) is 0 Å². The van der Waals surface area contributed by atoms with Crippen molar-refractivity contribution in [3.05, 3.63) is 34.4 Å². The standard InChI is InChI=1S/C16H22N2O5/c1-10-7-11(2)14(12(3)8-10)15(20)23-9-13(19)18-16(21)17-5-6-22-4/h7-8H,5-6,9H2,1-4H3,(H2,17,18,19,21). The zero-order chi connectivity index (χ0) is 17.4. The molecule has 0 aromatic heterocycles. The number of urea groups is 1. The van der Waals surface area contributed by atoms with E-state index in [2.05, 4.69) is 10.6 Å². The molecule has 3 amide bonds. The van der Waals surface area contributed by atoms with Crippen molar-refractivity contribution in [3.63, 3.8) is 0 Å². The Kier molecular flexibility index (Phi) is 7.21. The monoisotopic (exact) mass is 322 g/mol. The Hall–Kier alpha value is -2.41. The Morgan fingerprint density at radius 2 is 1.70 bits per heavy atom. The third-order valence-electron chi connectivity index (χ3n) is 3.06. The molecule has 0 fully saturated rings. The summed E-state index contributed by atoms with van der Waals surface area (Å²) in [5.41, 5.74) is 3.05. The normalized spacial score (nSPS) is 10.1. The molecule has 0 atom stereocenters. The van der Waals surface area contributed by atoms with Crippen molar-refractivity contribution in [2.45, 2.75) is 20.8 Å². The molecule has 0 unspecified atom stereocenters. The lowest BCUT2D eigenvalue weighted by atomic mass is 10.00. The number of esters is 1. The predicted molar refractivity (Wildman–Crippen MR) is 84.4 cm³/mol. The number of aryl methyl sites for hydroxylation is 3. The third-order valence-corrected chi connectivity index (χ3v) is 3.06. The maximum atomic E-state index is 12.1. The molecule has 23 heavy (non-hydrogen) atoms. The molecule has 1 rings (SSSR count). The number of benzene rings is 1. The van der Waals surface area contributed by atoms with E-state index in [1.165, 1.54) is 7.11 Å². The van der Waals surface area contributed by atoms with Gasteiger partial charge in [0, 0.05) is 13.7 Å². The molecule has 1 aromatic carbocycles. The average molecular weight is 322 g/mol. The molecular formula is C16H22N2O5. The lowest BCUT2D eigenvalue weighted by Crippen LogP contribution is -2.42. The van der Waals surface area contributed by atoms with Gasteiger partial charge in [-0.05, 0) is 31.9 Å². The molecule has 2 N–H and O–H groups in total. The zero-order valence-electron chi connectivity index (χ0n) is 13.8. The first-order chi connectivity index (χ1) is 10.8. The first kappa shape index (κ1) is 18.6. The summed E-state index contributed by atoms with van der Waals surface area (Å²) in [7, 11) is 1.50. The number of nitrogens with one attached hydrogen (secondary N) is 2. The van der Waals surface area contributed by atoms with Crippen molar-refractivity contribution in [1.82, 2.24) is 10.6 Å². The smallest absolute Gasteiger partial charge is 0.339 e. The molecule has 0 heterocycles. The van der Waals surface area contributed by atoms with Crippen LogP contribution in [0, 0.1) is 20.8 Å². The fourth-order valence-electron chi connectivity index (χ4n) is 2.18. The highest BCUT2D eigenvalue weighted by atomic mass is 16.5. The van der Waals surface area contributed by atoms with E-state index in [9.17, 15) is 14.4 Å². The summed E-state index contributed by atoms with van der Waals surface area (Å²) >= 11 is 0. The molecule has 0 saturated carbocycles. The predicted octanol–water partition coefficient (Wildman–Crippen LogP) is 1.24. The van der Waals surface area contributed by atoms with Crippen LogP contribution in [-0.4, -0.2) is 44.8 Å². The van der Waals surface area contributed by atoms with E-state index in [0.29, 0.717) is 12.2 Å². The van der Waals surface area contributed by atoms with E-state index in [1.807, 2.05) is 19.1 Å². The fourth-order valence-corrected chi connectivity index (χ4v) is 2.18. The number of carbonyl (C=O) groups excluding carboxylic acids is 3. The summed E-state index contributed by atoms with van der Waals surface area (Å²) in [4.78, 5) is 35.0. The minimum absolute atomic E-state index is 0.275. The maximum Gasteiger partial charge on any atom is 0.339 e. The van der Waals surface area contributed by atoms with E-state index in [-0.39, 0.29) is 6.54 Å². The average Bonchev–Trinajstić information content (AvgIpc) is 2.44. The van der Waals surface area contributed by atoms with Crippen LogP contribution in [0.5, 0.6) is 0 Å². The second-order valence-electron chi connectivity index (χ2n) is 5.15. The second-order valence-corrected chi connectivity index (χ2v) is 5.15. The van der Waals surface area contributed by atoms with Crippen molar-refractivity contribution >= 4 is 17.9 Å².